The summed E-state index contributed by atoms with van der Waals surface area (Å²) in [5.74, 6) is 1.44. The molecule has 0 aliphatic heterocycles. The highest BCUT2D eigenvalue weighted by atomic mass is 32.1. The van der Waals surface area contributed by atoms with Gasteiger partial charge in [0.1, 0.15) is 22.6 Å². The molecule has 3 rings (SSSR count). The van der Waals surface area contributed by atoms with Crippen LogP contribution in [0.5, 0.6) is 5.75 Å². The number of rotatable bonds is 4. The molecule has 114 valence electrons. The minimum atomic E-state index is 0.493. The summed E-state index contributed by atoms with van der Waals surface area (Å²) in [5, 5.41) is 10.1. The Morgan fingerprint density at radius 1 is 1.30 bits per heavy atom. The van der Waals surface area contributed by atoms with Gasteiger partial charge in [0.2, 0.25) is 0 Å². The molecule has 2 aromatic heterocycles. The molecule has 0 amide bonds. The maximum absolute atomic E-state index is 9.41. The Balaban J connectivity index is 1.98. The fourth-order valence-electron chi connectivity index (χ4n) is 2.19. The van der Waals surface area contributed by atoms with Crippen LogP contribution >= 0.6 is 11.3 Å². The fraction of sp³-hybridized carbons (Fsp3) is 0.111. The van der Waals surface area contributed by atoms with E-state index in [1.807, 2.05) is 37.3 Å². The van der Waals surface area contributed by atoms with Gasteiger partial charge in [0, 0.05) is 16.5 Å². The standard InChI is InChI=1S/C18H14N2O2S/c1-12-17(13-5-7-15(21-2)8-6-13)20-18(23-12)14(11-19)10-16-4-3-9-22-16/h3-10H,1-2H3/b14-10+. The van der Waals surface area contributed by atoms with Crippen LogP contribution in [0.3, 0.4) is 0 Å². The van der Waals surface area contributed by atoms with E-state index in [0.29, 0.717) is 16.3 Å². The molecule has 0 unspecified atom stereocenters. The maximum atomic E-state index is 9.41. The number of ether oxygens (including phenoxy) is 1. The third kappa shape index (κ3) is 3.17. The smallest absolute Gasteiger partial charge is 0.135 e. The van der Waals surface area contributed by atoms with Crippen molar-refractivity contribution < 1.29 is 9.15 Å². The van der Waals surface area contributed by atoms with E-state index in [1.165, 1.54) is 11.3 Å². The molecule has 0 aliphatic rings. The summed E-state index contributed by atoms with van der Waals surface area (Å²) in [7, 11) is 1.64. The van der Waals surface area contributed by atoms with Crippen LogP contribution in [0, 0.1) is 18.3 Å². The summed E-state index contributed by atoms with van der Waals surface area (Å²) >= 11 is 1.50. The summed E-state index contributed by atoms with van der Waals surface area (Å²) in [6.07, 6.45) is 3.28. The molecule has 0 bridgehead atoms. The zero-order valence-corrected chi connectivity index (χ0v) is 13.6. The van der Waals surface area contributed by atoms with Crippen LogP contribution in [-0.4, -0.2) is 12.1 Å². The first kappa shape index (κ1) is 15.1. The second-order valence-corrected chi connectivity index (χ2v) is 6.04. The third-order valence-electron chi connectivity index (χ3n) is 3.34. The highest BCUT2D eigenvalue weighted by molar-refractivity contribution is 7.13. The van der Waals surface area contributed by atoms with Crippen molar-refractivity contribution in [1.82, 2.24) is 4.98 Å². The number of allylic oxidation sites excluding steroid dienone is 1. The van der Waals surface area contributed by atoms with E-state index in [1.54, 1.807) is 25.5 Å². The second kappa shape index (κ2) is 6.51. The van der Waals surface area contributed by atoms with Crippen LogP contribution in [0.2, 0.25) is 0 Å². The molecular formula is C18H14N2O2S. The number of nitriles is 1. The van der Waals surface area contributed by atoms with E-state index in [9.17, 15) is 5.26 Å². The van der Waals surface area contributed by atoms with Gasteiger partial charge in [-0.25, -0.2) is 4.98 Å². The van der Waals surface area contributed by atoms with Gasteiger partial charge in [-0.05, 0) is 43.3 Å². The highest BCUT2D eigenvalue weighted by Crippen LogP contribution is 2.32. The largest absolute Gasteiger partial charge is 0.497 e. The number of thiazole rings is 1. The summed E-state index contributed by atoms with van der Waals surface area (Å²) < 4.78 is 10.4. The Morgan fingerprint density at radius 2 is 2.09 bits per heavy atom. The number of methoxy groups -OCH3 is 1. The van der Waals surface area contributed by atoms with E-state index in [2.05, 4.69) is 11.1 Å². The van der Waals surface area contributed by atoms with Gasteiger partial charge in [-0.3, -0.25) is 0 Å². The molecule has 0 radical (unpaired) electrons. The summed E-state index contributed by atoms with van der Waals surface area (Å²) in [6.45, 7) is 2.00. The first-order valence-electron chi connectivity index (χ1n) is 6.99. The van der Waals surface area contributed by atoms with Crippen molar-refractivity contribution in [2.24, 2.45) is 0 Å². The number of hydrogen-bond donors (Lipinski definition) is 0. The molecule has 0 N–H and O–H groups in total. The highest BCUT2D eigenvalue weighted by Gasteiger charge is 2.13. The Labute approximate surface area is 138 Å². The molecular weight excluding hydrogens is 308 g/mol. The van der Waals surface area contributed by atoms with Gasteiger partial charge in [-0.1, -0.05) is 0 Å². The quantitative estimate of drug-likeness (QED) is 0.648. The predicted octanol–water partition coefficient (Wildman–Crippen LogP) is 4.78. The monoisotopic (exact) mass is 322 g/mol. The van der Waals surface area contributed by atoms with Gasteiger partial charge in [-0.15, -0.1) is 11.3 Å². The number of aromatic nitrogens is 1. The fourth-order valence-corrected chi connectivity index (χ4v) is 3.09. The SMILES string of the molecule is COc1ccc(-c2nc(/C(C#N)=C/c3ccco3)sc2C)cc1. The molecule has 0 fully saturated rings. The summed E-state index contributed by atoms with van der Waals surface area (Å²) in [4.78, 5) is 5.69. The third-order valence-corrected chi connectivity index (χ3v) is 4.34. The van der Waals surface area contributed by atoms with Gasteiger partial charge in [0.05, 0.1) is 24.6 Å². The van der Waals surface area contributed by atoms with Crippen molar-refractivity contribution in [3.8, 4) is 23.1 Å². The van der Waals surface area contributed by atoms with E-state index in [4.69, 9.17) is 9.15 Å². The molecule has 23 heavy (non-hydrogen) atoms. The lowest BCUT2D eigenvalue weighted by atomic mass is 10.1. The first-order chi connectivity index (χ1) is 11.2. The minimum absolute atomic E-state index is 0.493. The molecule has 0 saturated heterocycles. The van der Waals surface area contributed by atoms with Crippen LogP contribution in [0.25, 0.3) is 22.9 Å². The van der Waals surface area contributed by atoms with Crippen LogP contribution in [0.4, 0.5) is 0 Å². The Kier molecular flexibility index (Phi) is 4.26. The van der Waals surface area contributed by atoms with E-state index < -0.39 is 0 Å². The van der Waals surface area contributed by atoms with Crippen molar-refractivity contribution in [3.05, 3.63) is 58.3 Å². The molecule has 3 aromatic rings. The number of hydrogen-bond acceptors (Lipinski definition) is 5. The van der Waals surface area contributed by atoms with Crippen molar-refractivity contribution >= 4 is 23.0 Å². The molecule has 0 atom stereocenters. The van der Waals surface area contributed by atoms with Crippen LogP contribution < -0.4 is 4.74 Å². The zero-order valence-electron chi connectivity index (χ0n) is 12.7. The topological polar surface area (TPSA) is 59.0 Å². The van der Waals surface area contributed by atoms with Gasteiger partial charge in [0.15, 0.2) is 0 Å². The summed E-state index contributed by atoms with van der Waals surface area (Å²) in [5.41, 5.74) is 2.38. The van der Waals surface area contributed by atoms with Gasteiger partial charge < -0.3 is 9.15 Å². The van der Waals surface area contributed by atoms with Gasteiger partial charge >= 0.3 is 0 Å². The molecule has 0 aliphatic carbocycles. The number of aryl methyl sites for hydroxylation is 1. The molecule has 2 heterocycles. The molecule has 1 aromatic carbocycles. The normalized spacial score (nSPS) is 11.3. The van der Waals surface area contributed by atoms with Crippen molar-refractivity contribution in [1.29, 1.82) is 5.26 Å². The average Bonchev–Trinajstić information content (AvgIpc) is 3.22. The lowest BCUT2D eigenvalue weighted by molar-refractivity contribution is 0.415. The molecule has 0 spiro atoms. The van der Waals surface area contributed by atoms with Crippen LogP contribution in [-0.2, 0) is 0 Å². The predicted molar refractivity (Wildman–Crippen MR) is 91.0 cm³/mol. The first-order valence-corrected chi connectivity index (χ1v) is 7.80. The molecule has 4 nitrogen and oxygen atoms in total. The van der Waals surface area contributed by atoms with Crippen LogP contribution in [0.1, 0.15) is 15.6 Å². The number of nitrogens with zero attached hydrogens (tertiary/aromatic N) is 2. The van der Waals surface area contributed by atoms with E-state index >= 15 is 0 Å². The van der Waals surface area contributed by atoms with E-state index in [0.717, 1.165) is 21.9 Å². The van der Waals surface area contributed by atoms with Crippen molar-refractivity contribution in [2.75, 3.05) is 7.11 Å². The lowest BCUT2D eigenvalue weighted by Crippen LogP contribution is -1.85. The average molecular weight is 322 g/mol. The van der Waals surface area contributed by atoms with Crippen molar-refractivity contribution in [2.45, 2.75) is 6.92 Å². The second-order valence-electron chi connectivity index (χ2n) is 4.84. The zero-order chi connectivity index (χ0) is 16.2. The van der Waals surface area contributed by atoms with Gasteiger partial charge in [0.25, 0.3) is 0 Å². The number of benzene rings is 1. The maximum Gasteiger partial charge on any atom is 0.135 e. The Hall–Kier alpha value is -2.84. The van der Waals surface area contributed by atoms with E-state index in [-0.39, 0.29) is 0 Å². The van der Waals surface area contributed by atoms with Crippen molar-refractivity contribution in [3.63, 3.8) is 0 Å². The van der Waals surface area contributed by atoms with Crippen LogP contribution in [0.15, 0.2) is 47.1 Å². The lowest BCUT2D eigenvalue weighted by Gasteiger charge is -2.01. The summed E-state index contributed by atoms with van der Waals surface area (Å²) in [6, 6.07) is 13.5. The molecule has 5 heteroatoms. The minimum Gasteiger partial charge on any atom is -0.497 e. The molecule has 0 saturated carbocycles. The number of furan rings is 1. The Bertz CT molecular complexity index is 869. The Morgan fingerprint density at radius 3 is 2.70 bits per heavy atom. The van der Waals surface area contributed by atoms with Gasteiger partial charge in [-0.2, -0.15) is 5.26 Å².